The average Bonchev–Trinajstić information content (AvgIpc) is 3.01. The summed E-state index contributed by atoms with van der Waals surface area (Å²) < 4.78 is 4.18. The van der Waals surface area contributed by atoms with Crippen molar-refractivity contribution < 1.29 is 0 Å². The molecular formula is C23H24N5PS. The van der Waals surface area contributed by atoms with Gasteiger partial charge in [0.05, 0.1) is 30.6 Å². The third kappa shape index (κ3) is 3.45. The summed E-state index contributed by atoms with van der Waals surface area (Å²) in [6, 6.07) is 20.8. The van der Waals surface area contributed by atoms with Crippen molar-refractivity contribution >= 4 is 35.4 Å². The van der Waals surface area contributed by atoms with E-state index in [-0.39, 0.29) is 0 Å². The summed E-state index contributed by atoms with van der Waals surface area (Å²) >= 11 is 6.36. The maximum atomic E-state index is 9.16. The number of nitriles is 1. The number of para-hydroxylation sites is 1. The second-order valence-corrected chi connectivity index (χ2v) is 11.3. The van der Waals surface area contributed by atoms with E-state index in [4.69, 9.17) is 22.2 Å². The molecule has 1 aromatic heterocycles. The van der Waals surface area contributed by atoms with E-state index in [1.165, 1.54) is 5.56 Å². The van der Waals surface area contributed by atoms with Gasteiger partial charge in [-0.15, -0.1) is 0 Å². The normalized spacial score (nSPS) is 17.5. The van der Waals surface area contributed by atoms with Gasteiger partial charge in [0.15, 0.2) is 6.34 Å². The highest BCUT2D eigenvalue weighted by molar-refractivity contribution is 8.17. The van der Waals surface area contributed by atoms with E-state index in [0.717, 1.165) is 33.6 Å². The van der Waals surface area contributed by atoms with Crippen molar-refractivity contribution in [2.75, 3.05) is 11.6 Å². The third-order valence-corrected chi connectivity index (χ3v) is 9.45. The topological polar surface area (TPSA) is 56.4 Å². The van der Waals surface area contributed by atoms with Crippen molar-refractivity contribution in [3.63, 3.8) is 0 Å². The van der Waals surface area contributed by atoms with Crippen molar-refractivity contribution in [2.24, 2.45) is 5.10 Å². The quantitative estimate of drug-likeness (QED) is 0.575. The summed E-state index contributed by atoms with van der Waals surface area (Å²) in [6.07, 6.45) is -0.226. The van der Waals surface area contributed by atoms with E-state index in [9.17, 15) is 0 Å². The minimum absolute atomic E-state index is 0.373. The zero-order valence-corrected chi connectivity index (χ0v) is 19.0. The molecule has 0 saturated carbocycles. The number of benzene rings is 2. The number of hydrogen-bond donors (Lipinski definition) is 1. The monoisotopic (exact) mass is 433 g/mol. The van der Waals surface area contributed by atoms with Crippen LogP contribution >= 0.6 is 6.34 Å². The molecule has 0 unspecified atom stereocenters. The number of fused-ring (bicyclic) bond motifs is 1. The van der Waals surface area contributed by atoms with E-state index in [1.807, 2.05) is 29.2 Å². The maximum absolute atomic E-state index is 9.16. The molecule has 0 radical (unpaired) electrons. The van der Waals surface area contributed by atoms with Gasteiger partial charge in [0, 0.05) is 28.3 Å². The molecule has 0 amide bonds. The van der Waals surface area contributed by atoms with Gasteiger partial charge in [-0.2, -0.15) is 10.4 Å². The first-order valence-corrected chi connectivity index (χ1v) is 12.6. The fraction of sp³-hybridized carbons (Fsp3) is 0.217. The zero-order chi connectivity index (χ0) is 21.3. The number of nitrogens with zero attached hydrogens (tertiary/aromatic N) is 4. The Balaban J connectivity index is 1.89. The molecule has 0 aliphatic carbocycles. The van der Waals surface area contributed by atoms with Crippen LogP contribution in [-0.2, 0) is 11.8 Å². The predicted molar refractivity (Wildman–Crippen MR) is 128 cm³/mol. The Labute approximate surface area is 182 Å². The van der Waals surface area contributed by atoms with Gasteiger partial charge in [-0.1, -0.05) is 35.9 Å². The second-order valence-electron chi connectivity index (χ2n) is 7.41. The lowest BCUT2D eigenvalue weighted by molar-refractivity contribution is 0.500. The Kier molecular flexibility index (Phi) is 5.51. The molecule has 152 valence electrons. The van der Waals surface area contributed by atoms with Crippen LogP contribution in [0.4, 0.5) is 5.69 Å². The number of nitrogens with one attached hydrogen (secondary N) is 1. The van der Waals surface area contributed by atoms with Crippen LogP contribution in [0.2, 0.25) is 0 Å². The van der Waals surface area contributed by atoms with Crippen LogP contribution in [0.3, 0.4) is 0 Å². The van der Waals surface area contributed by atoms with E-state index in [0.29, 0.717) is 13.0 Å². The van der Waals surface area contributed by atoms with Crippen molar-refractivity contribution in [3.05, 3.63) is 77.1 Å². The van der Waals surface area contributed by atoms with Crippen molar-refractivity contribution in [3.8, 4) is 11.8 Å². The number of hydrazone groups is 1. The molecule has 0 fully saturated rings. The fourth-order valence-electron chi connectivity index (χ4n) is 3.92. The summed E-state index contributed by atoms with van der Waals surface area (Å²) in [5.41, 5.74) is 6.59. The van der Waals surface area contributed by atoms with Crippen LogP contribution in [0.1, 0.15) is 28.9 Å². The molecule has 1 N–H and O–H groups in total. The lowest BCUT2D eigenvalue weighted by Gasteiger charge is -2.36. The van der Waals surface area contributed by atoms with Gasteiger partial charge in [0.1, 0.15) is 0 Å². The average molecular weight is 434 g/mol. The Morgan fingerprint density at radius 3 is 2.40 bits per heavy atom. The van der Waals surface area contributed by atoms with E-state index < -0.39 is 6.34 Å². The Morgan fingerprint density at radius 2 is 1.73 bits per heavy atom. The van der Waals surface area contributed by atoms with E-state index >= 15 is 0 Å². The molecule has 1 aliphatic heterocycles. The first kappa shape index (κ1) is 20.4. The predicted octanol–water partition coefficient (Wildman–Crippen LogP) is 5.01. The van der Waals surface area contributed by atoms with Gasteiger partial charge >= 0.3 is 0 Å². The number of anilines is 1. The first-order chi connectivity index (χ1) is 14.5. The number of hydrogen-bond acceptors (Lipinski definition) is 3. The maximum Gasteiger partial charge on any atom is 0.168 e. The lowest BCUT2D eigenvalue weighted by atomic mass is 10.2. The molecule has 1 atom stereocenters. The largest absolute Gasteiger partial charge is 0.338 e. The molecule has 3 aromatic rings. The van der Waals surface area contributed by atoms with Gasteiger partial charge in [-0.25, -0.2) is 4.78 Å². The molecular weight excluding hydrogens is 409 g/mol. The molecule has 30 heavy (non-hydrogen) atoms. The van der Waals surface area contributed by atoms with Gasteiger partial charge in [0.25, 0.3) is 0 Å². The molecule has 5 nitrogen and oxygen atoms in total. The number of rotatable bonds is 5. The SMILES string of the molecule is Cc1ccc(N[P@@]2(=S)c3c(c(C)n(-c4ccccc4)c3C)C=NN2CCC#N)cc1. The third-order valence-electron chi connectivity index (χ3n) is 5.38. The van der Waals surface area contributed by atoms with Crippen molar-refractivity contribution in [1.29, 1.82) is 5.26 Å². The van der Waals surface area contributed by atoms with Gasteiger partial charge in [0.2, 0.25) is 0 Å². The summed E-state index contributed by atoms with van der Waals surface area (Å²) in [5.74, 6) is 0. The summed E-state index contributed by atoms with van der Waals surface area (Å²) in [4.78, 5) is 0. The van der Waals surface area contributed by atoms with Crippen LogP contribution in [0, 0.1) is 32.1 Å². The molecule has 1 aliphatic rings. The first-order valence-electron chi connectivity index (χ1n) is 9.87. The van der Waals surface area contributed by atoms with Crippen molar-refractivity contribution in [2.45, 2.75) is 27.2 Å². The van der Waals surface area contributed by atoms with Gasteiger partial charge in [-0.3, -0.25) is 0 Å². The Bertz CT molecular complexity index is 1190. The van der Waals surface area contributed by atoms with Crippen LogP contribution in [0.15, 0.2) is 59.7 Å². The van der Waals surface area contributed by atoms with Crippen molar-refractivity contribution in [1.82, 2.24) is 9.35 Å². The highest BCUT2D eigenvalue weighted by Gasteiger charge is 2.37. The zero-order valence-electron chi connectivity index (χ0n) is 17.3. The molecule has 0 saturated heterocycles. The highest BCUT2D eigenvalue weighted by atomic mass is 32.4. The molecule has 2 heterocycles. The van der Waals surface area contributed by atoms with E-state index in [1.54, 1.807) is 0 Å². The Hall–Kier alpha value is -2.87. The molecule has 2 aromatic carbocycles. The highest BCUT2D eigenvalue weighted by Crippen LogP contribution is 2.53. The lowest BCUT2D eigenvalue weighted by Crippen LogP contribution is -2.32. The van der Waals surface area contributed by atoms with Crippen LogP contribution in [0.25, 0.3) is 5.69 Å². The van der Waals surface area contributed by atoms with E-state index in [2.05, 4.69) is 72.9 Å². The molecule has 4 rings (SSSR count). The molecule has 7 heteroatoms. The molecule has 0 spiro atoms. The van der Waals surface area contributed by atoms with Gasteiger partial charge < -0.3 is 9.65 Å². The fourth-order valence-corrected chi connectivity index (χ4v) is 7.92. The van der Waals surface area contributed by atoms with Crippen LogP contribution in [0.5, 0.6) is 0 Å². The molecule has 0 bridgehead atoms. The second kappa shape index (κ2) is 8.10. The van der Waals surface area contributed by atoms with Gasteiger partial charge in [-0.05, 0) is 56.8 Å². The summed E-state index contributed by atoms with van der Waals surface area (Å²) in [7, 11) is 0. The smallest absolute Gasteiger partial charge is 0.168 e. The Morgan fingerprint density at radius 1 is 1.03 bits per heavy atom. The van der Waals surface area contributed by atoms with Crippen LogP contribution < -0.4 is 10.4 Å². The standard InChI is InChI=1S/C23H24N5PS/c1-17-10-12-20(13-11-17)26-29(30)23-19(3)28(21-8-5-4-6-9-21)18(2)22(23)16-25-27(29)15-7-14-24/h4-6,8-13,16H,7,15H2,1-3H3,(H,26,30)/t29-/m0/s1. The summed E-state index contributed by atoms with van der Waals surface area (Å²) in [5, 5.41) is 18.6. The minimum Gasteiger partial charge on any atom is -0.338 e. The summed E-state index contributed by atoms with van der Waals surface area (Å²) in [6.45, 7) is 6.80. The number of aromatic nitrogens is 1. The minimum atomic E-state index is -2.50. The number of aryl methyl sites for hydroxylation is 1. The van der Waals surface area contributed by atoms with Crippen LogP contribution in [-0.4, -0.2) is 22.1 Å².